The van der Waals surface area contributed by atoms with E-state index < -0.39 is 0 Å². The van der Waals surface area contributed by atoms with E-state index in [9.17, 15) is 0 Å². The van der Waals surface area contributed by atoms with E-state index in [1.54, 1.807) is 0 Å². The zero-order valence-electron chi connectivity index (χ0n) is 9.51. The summed E-state index contributed by atoms with van der Waals surface area (Å²) in [6.45, 7) is 4.21. The number of hydrogen-bond acceptors (Lipinski definition) is 1. The van der Waals surface area contributed by atoms with Gasteiger partial charge >= 0.3 is 0 Å². The van der Waals surface area contributed by atoms with Crippen molar-refractivity contribution in [3.8, 4) is 23.5 Å². The van der Waals surface area contributed by atoms with Crippen LogP contribution in [0.15, 0.2) is 36.7 Å². The number of terminal acetylenes is 1. The summed E-state index contributed by atoms with van der Waals surface area (Å²) in [5.41, 5.74) is 3.11. The van der Waals surface area contributed by atoms with Gasteiger partial charge < -0.3 is 0 Å². The Morgan fingerprint density at radius 3 is 2.75 bits per heavy atom. The molecule has 0 spiro atoms. The maximum Gasteiger partial charge on any atom is 0.0568 e. The summed E-state index contributed by atoms with van der Waals surface area (Å²) in [6.07, 6.45) is 9.29. The van der Waals surface area contributed by atoms with Crippen molar-refractivity contribution in [2.24, 2.45) is 0 Å². The van der Waals surface area contributed by atoms with Crippen LogP contribution in [-0.2, 0) is 0 Å². The lowest BCUT2D eigenvalue weighted by Crippen LogP contribution is -1.99. The quantitative estimate of drug-likeness (QED) is 0.696. The van der Waals surface area contributed by atoms with E-state index in [1.165, 1.54) is 0 Å². The van der Waals surface area contributed by atoms with E-state index in [2.05, 4.69) is 24.9 Å². The molecule has 0 fully saturated rings. The molecule has 2 rings (SSSR count). The largest absolute Gasteiger partial charge is 0.270 e. The van der Waals surface area contributed by atoms with Gasteiger partial charge in [-0.2, -0.15) is 5.10 Å². The first kappa shape index (κ1) is 10.5. The molecule has 2 nitrogen and oxygen atoms in total. The minimum atomic E-state index is 0.379. The second-order valence-corrected chi connectivity index (χ2v) is 4.03. The second kappa shape index (κ2) is 4.24. The third-order valence-electron chi connectivity index (χ3n) is 2.49. The van der Waals surface area contributed by atoms with Gasteiger partial charge in [-0.25, -0.2) is 0 Å². The van der Waals surface area contributed by atoms with Crippen molar-refractivity contribution in [1.29, 1.82) is 0 Å². The molecule has 0 N–H and O–H groups in total. The molecular weight excluding hydrogens is 196 g/mol. The molecule has 0 aliphatic heterocycles. The molecule has 2 aromatic rings. The lowest BCUT2D eigenvalue weighted by atomic mass is 10.1. The summed E-state index contributed by atoms with van der Waals surface area (Å²) in [4.78, 5) is 0. The van der Waals surface area contributed by atoms with Crippen molar-refractivity contribution in [1.82, 2.24) is 9.78 Å². The van der Waals surface area contributed by atoms with Crippen LogP contribution in [0.1, 0.15) is 25.5 Å². The molecule has 1 heterocycles. The number of benzene rings is 1. The zero-order valence-corrected chi connectivity index (χ0v) is 9.51. The molecule has 0 amide bonds. The van der Waals surface area contributed by atoms with Crippen LogP contribution < -0.4 is 0 Å². The van der Waals surface area contributed by atoms with E-state index in [0.29, 0.717) is 6.04 Å². The Morgan fingerprint density at radius 1 is 1.31 bits per heavy atom. The molecule has 2 heteroatoms. The molecule has 0 saturated heterocycles. The zero-order chi connectivity index (χ0) is 11.5. The normalized spacial score (nSPS) is 10.4. The Kier molecular flexibility index (Phi) is 2.78. The van der Waals surface area contributed by atoms with Gasteiger partial charge in [0.2, 0.25) is 0 Å². The van der Waals surface area contributed by atoms with Crippen molar-refractivity contribution in [2.45, 2.75) is 19.9 Å². The van der Waals surface area contributed by atoms with E-state index in [4.69, 9.17) is 6.42 Å². The summed E-state index contributed by atoms with van der Waals surface area (Å²) >= 11 is 0. The van der Waals surface area contributed by atoms with Gasteiger partial charge in [0.1, 0.15) is 0 Å². The summed E-state index contributed by atoms with van der Waals surface area (Å²) in [5.74, 6) is 2.64. The van der Waals surface area contributed by atoms with Gasteiger partial charge in [0, 0.05) is 23.4 Å². The van der Waals surface area contributed by atoms with Crippen molar-refractivity contribution in [2.75, 3.05) is 0 Å². The molecule has 0 bridgehead atoms. The monoisotopic (exact) mass is 210 g/mol. The number of hydrogen-bond donors (Lipinski definition) is 0. The highest BCUT2D eigenvalue weighted by molar-refractivity contribution is 5.63. The molecule has 80 valence electrons. The fraction of sp³-hybridized carbons (Fsp3) is 0.214. The highest BCUT2D eigenvalue weighted by Gasteiger charge is 2.03. The van der Waals surface area contributed by atoms with Crippen LogP contribution in [0.2, 0.25) is 0 Å². The molecule has 1 aromatic heterocycles. The first-order valence-electron chi connectivity index (χ1n) is 5.32. The summed E-state index contributed by atoms with van der Waals surface area (Å²) in [7, 11) is 0. The predicted molar refractivity (Wildman–Crippen MR) is 66.0 cm³/mol. The molecule has 0 aliphatic carbocycles. The first-order chi connectivity index (χ1) is 7.70. The standard InChI is InChI=1S/C14H14N2/c1-4-12-6-5-7-13(8-12)14-9-15-16(10-14)11(2)3/h1,5-11H,2-3H3. The number of nitrogens with zero attached hydrogens (tertiary/aromatic N) is 2. The summed E-state index contributed by atoms with van der Waals surface area (Å²) in [5, 5.41) is 4.31. The average Bonchev–Trinajstić information content (AvgIpc) is 2.78. The molecule has 0 aliphatic rings. The van der Waals surface area contributed by atoms with Gasteiger partial charge in [-0.05, 0) is 31.5 Å². The lowest BCUT2D eigenvalue weighted by molar-refractivity contribution is 0.532. The van der Waals surface area contributed by atoms with E-state index >= 15 is 0 Å². The lowest BCUT2D eigenvalue weighted by Gasteiger charge is -2.03. The van der Waals surface area contributed by atoms with Gasteiger partial charge in [-0.15, -0.1) is 6.42 Å². The van der Waals surface area contributed by atoms with Crippen LogP contribution in [0.25, 0.3) is 11.1 Å². The summed E-state index contributed by atoms with van der Waals surface area (Å²) in [6, 6.07) is 8.32. The SMILES string of the molecule is C#Cc1cccc(-c2cnn(C(C)C)c2)c1. The molecule has 16 heavy (non-hydrogen) atoms. The number of rotatable bonds is 2. The molecule has 0 radical (unpaired) electrons. The van der Waals surface area contributed by atoms with Crippen LogP contribution in [-0.4, -0.2) is 9.78 Å². The highest BCUT2D eigenvalue weighted by Crippen LogP contribution is 2.20. The molecular formula is C14H14N2. The van der Waals surface area contributed by atoms with Crippen molar-refractivity contribution in [3.05, 3.63) is 42.2 Å². The predicted octanol–water partition coefficient (Wildman–Crippen LogP) is 3.11. The van der Waals surface area contributed by atoms with Crippen molar-refractivity contribution < 1.29 is 0 Å². The van der Waals surface area contributed by atoms with Gasteiger partial charge in [0.05, 0.1) is 6.20 Å². The Morgan fingerprint density at radius 2 is 2.12 bits per heavy atom. The highest BCUT2D eigenvalue weighted by atomic mass is 15.3. The molecule has 0 atom stereocenters. The van der Waals surface area contributed by atoms with Gasteiger partial charge in [-0.3, -0.25) is 4.68 Å². The topological polar surface area (TPSA) is 17.8 Å². The van der Waals surface area contributed by atoms with Gasteiger partial charge in [0.15, 0.2) is 0 Å². The molecule has 1 aromatic carbocycles. The van der Waals surface area contributed by atoms with Crippen LogP contribution in [0, 0.1) is 12.3 Å². The summed E-state index contributed by atoms with van der Waals surface area (Å²) < 4.78 is 1.94. The Balaban J connectivity index is 2.39. The average molecular weight is 210 g/mol. The minimum absolute atomic E-state index is 0.379. The minimum Gasteiger partial charge on any atom is -0.270 e. The van der Waals surface area contributed by atoms with E-state index in [1.807, 2.05) is 41.3 Å². The van der Waals surface area contributed by atoms with Crippen LogP contribution in [0.3, 0.4) is 0 Å². The Bertz CT molecular complexity index is 530. The first-order valence-corrected chi connectivity index (χ1v) is 5.32. The number of aromatic nitrogens is 2. The molecule has 0 saturated carbocycles. The molecule has 0 unspecified atom stereocenters. The van der Waals surface area contributed by atoms with E-state index in [0.717, 1.165) is 16.7 Å². The van der Waals surface area contributed by atoms with Crippen LogP contribution >= 0.6 is 0 Å². The maximum absolute atomic E-state index is 5.38. The Labute approximate surface area is 95.9 Å². The third kappa shape index (κ3) is 1.99. The van der Waals surface area contributed by atoms with Gasteiger partial charge in [-0.1, -0.05) is 18.1 Å². The van der Waals surface area contributed by atoms with Crippen LogP contribution in [0.5, 0.6) is 0 Å². The van der Waals surface area contributed by atoms with Gasteiger partial charge in [0.25, 0.3) is 0 Å². The fourth-order valence-electron chi connectivity index (χ4n) is 1.56. The smallest absolute Gasteiger partial charge is 0.0568 e. The maximum atomic E-state index is 5.38. The third-order valence-corrected chi connectivity index (χ3v) is 2.49. The second-order valence-electron chi connectivity index (χ2n) is 4.03. The van der Waals surface area contributed by atoms with E-state index in [-0.39, 0.29) is 0 Å². The van der Waals surface area contributed by atoms with Crippen molar-refractivity contribution in [3.63, 3.8) is 0 Å². The fourth-order valence-corrected chi connectivity index (χ4v) is 1.56. The Hall–Kier alpha value is -2.01. The van der Waals surface area contributed by atoms with Crippen molar-refractivity contribution >= 4 is 0 Å². The van der Waals surface area contributed by atoms with Crippen LogP contribution in [0.4, 0.5) is 0 Å².